The highest BCUT2D eigenvalue weighted by Crippen LogP contribution is 2.15. The van der Waals surface area contributed by atoms with Crippen LogP contribution in [0, 0.1) is 0 Å². The minimum Gasteiger partial charge on any atom is -0.544 e. The molecule has 0 amide bonds. The zero-order valence-corrected chi connectivity index (χ0v) is 43.8. The normalized spacial score (nSPS) is 13.5. The number of allylic oxidation sites excluding steroid dienone is 14. The Bertz CT molecular complexity index is 1370. The molecule has 384 valence electrons. The van der Waals surface area contributed by atoms with Gasteiger partial charge in [0.05, 0.1) is 40.3 Å². The third kappa shape index (κ3) is 47.4. The van der Waals surface area contributed by atoms with Crippen LogP contribution in [0.15, 0.2) is 85.1 Å². The van der Waals surface area contributed by atoms with Crippen molar-refractivity contribution in [3.8, 4) is 0 Å². The van der Waals surface area contributed by atoms with Gasteiger partial charge in [-0.3, -0.25) is 9.59 Å². The third-order valence-corrected chi connectivity index (χ3v) is 11.8. The van der Waals surface area contributed by atoms with Crippen molar-refractivity contribution in [2.75, 3.05) is 41.0 Å². The first-order valence-electron chi connectivity index (χ1n) is 27.1. The van der Waals surface area contributed by atoms with Crippen molar-refractivity contribution in [1.29, 1.82) is 0 Å². The van der Waals surface area contributed by atoms with Crippen LogP contribution in [0.3, 0.4) is 0 Å². The number of carbonyl (C=O) groups is 3. The van der Waals surface area contributed by atoms with Crippen molar-refractivity contribution in [3.63, 3.8) is 0 Å². The lowest BCUT2D eigenvalue weighted by molar-refractivity contribution is -0.889. The molecule has 67 heavy (non-hydrogen) atoms. The number of likely N-dealkylation sites (N-methyl/N-ethyl adjacent to an activating group) is 1. The number of quaternary nitrogens is 1. The molecule has 0 N–H and O–H groups in total. The summed E-state index contributed by atoms with van der Waals surface area (Å²) in [6, 6.07) is -0.740. The minimum absolute atomic E-state index is 0.0175. The zero-order valence-electron chi connectivity index (χ0n) is 43.8. The van der Waals surface area contributed by atoms with Gasteiger partial charge in [-0.25, -0.2) is 0 Å². The Balaban J connectivity index is 4.31. The fourth-order valence-electron chi connectivity index (χ4n) is 7.60. The van der Waals surface area contributed by atoms with Crippen molar-refractivity contribution >= 4 is 17.9 Å². The molecular formula is C59H101NO7. The van der Waals surface area contributed by atoms with E-state index < -0.39 is 18.1 Å². The number of nitrogens with zero attached hydrogens (tertiary/aromatic N) is 1. The quantitative estimate of drug-likeness (QED) is 0.0259. The van der Waals surface area contributed by atoms with Gasteiger partial charge < -0.3 is 28.6 Å². The van der Waals surface area contributed by atoms with E-state index >= 15 is 0 Å². The molecule has 0 aliphatic rings. The number of ether oxygens (including phenoxy) is 3. The van der Waals surface area contributed by atoms with Crippen molar-refractivity contribution in [3.05, 3.63) is 85.1 Å². The predicted octanol–water partition coefficient (Wildman–Crippen LogP) is 14.7. The number of carbonyl (C=O) groups excluding carboxylic acids is 3. The standard InChI is InChI=1S/C59H101NO7/c1-6-8-10-12-14-16-18-20-22-24-26-28-30-31-33-35-37-39-41-43-45-47-49-57(61)66-54-55(53-65-52-51-56(59(63)64)60(3,4)5)67-58(62)50-48-46-44-42-40-38-36-34-32-29-27-25-23-21-19-17-15-13-11-9-7-2/h9,11,15,17,21,23,27,29-31,34,36,40,42,55-56H,6-8,10,12-14,16,18-20,22,24-26,28,32-33,35,37-39,41,43-54H2,1-5H3/b11-9+,17-15+,23-21+,29-27+,31-30+,36-34+,42-40+. The molecule has 0 saturated carbocycles. The van der Waals surface area contributed by atoms with Crippen LogP contribution in [-0.2, 0) is 28.6 Å². The summed E-state index contributed by atoms with van der Waals surface area (Å²) >= 11 is 0. The SMILES string of the molecule is CC/C=C/C/C=C/C/C=C/C/C=C/C/C=C/C/C=C/CCCCC(=O)OC(COCCC(C(=O)[O-])[N+](C)(C)C)COC(=O)CCCCCCCCC/C=C/CCCCCCCCCCCCC. The first kappa shape index (κ1) is 63.5. The van der Waals surface area contributed by atoms with E-state index in [1.807, 2.05) is 0 Å². The number of rotatable bonds is 48. The first-order valence-corrected chi connectivity index (χ1v) is 27.1. The number of aliphatic carboxylic acids is 1. The Kier molecular flexibility index (Phi) is 46.4. The molecule has 0 aromatic heterocycles. The molecule has 0 aliphatic carbocycles. The molecular weight excluding hydrogens is 835 g/mol. The maximum atomic E-state index is 12.8. The number of unbranched alkanes of at least 4 members (excludes halogenated alkanes) is 20. The lowest BCUT2D eigenvalue weighted by atomic mass is 10.0. The van der Waals surface area contributed by atoms with Crippen LogP contribution in [-0.4, -0.2) is 75.5 Å². The number of hydrogen-bond acceptors (Lipinski definition) is 7. The summed E-state index contributed by atoms with van der Waals surface area (Å²) < 4.78 is 17.2. The van der Waals surface area contributed by atoms with E-state index in [-0.39, 0.29) is 49.1 Å². The van der Waals surface area contributed by atoms with E-state index in [1.54, 1.807) is 21.1 Å². The van der Waals surface area contributed by atoms with E-state index in [2.05, 4.69) is 98.9 Å². The molecule has 0 aliphatic heterocycles. The molecule has 0 fully saturated rings. The lowest BCUT2D eigenvalue weighted by Crippen LogP contribution is -2.55. The zero-order chi connectivity index (χ0) is 49.2. The van der Waals surface area contributed by atoms with Crippen LogP contribution in [0.5, 0.6) is 0 Å². The Hall–Kier alpha value is -3.49. The molecule has 0 radical (unpaired) electrons. The van der Waals surface area contributed by atoms with E-state index in [0.717, 1.165) is 70.6 Å². The Morgan fingerprint density at radius 1 is 0.463 bits per heavy atom. The fourth-order valence-corrected chi connectivity index (χ4v) is 7.60. The van der Waals surface area contributed by atoms with Crippen LogP contribution in [0.1, 0.15) is 219 Å². The maximum Gasteiger partial charge on any atom is 0.306 e. The van der Waals surface area contributed by atoms with E-state index in [4.69, 9.17) is 14.2 Å². The summed E-state index contributed by atoms with van der Waals surface area (Å²) in [4.78, 5) is 37.1. The van der Waals surface area contributed by atoms with Crippen LogP contribution >= 0.6 is 0 Å². The molecule has 0 saturated heterocycles. The number of hydrogen-bond donors (Lipinski definition) is 0. The van der Waals surface area contributed by atoms with Crippen LogP contribution in [0.25, 0.3) is 0 Å². The Labute approximate surface area is 412 Å². The number of carboxylic acids is 1. The van der Waals surface area contributed by atoms with Gasteiger partial charge in [-0.05, 0) is 89.9 Å². The van der Waals surface area contributed by atoms with Crippen molar-refractivity contribution < 1.29 is 38.2 Å². The van der Waals surface area contributed by atoms with Crippen molar-refractivity contribution in [2.24, 2.45) is 0 Å². The van der Waals surface area contributed by atoms with Gasteiger partial charge in [0.1, 0.15) is 12.6 Å². The van der Waals surface area contributed by atoms with Crippen LogP contribution in [0.2, 0.25) is 0 Å². The summed E-state index contributed by atoms with van der Waals surface area (Å²) in [5.74, 6) is -1.80. The highest BCUT2D eigenvalue weighted by Gasteiger charge is 2.25. The topological polar surface area (TPSA) is 102 Å². The van der Waals surface area contributed by atoms with Crippen molar-refractivity contribution in [2.45, 2.75) is 231 Å². The molecule has 0 spiro atoms. The van der Waals surface area contributed by atoms with E-state index in [9.17, 15) is 19.5 Å². The van der Waals surface area contributed by atoms with Gasteiger partial charge in [-0.15, -0.1) is 0 Å². The minimum atomic E-state index is -1.13. The maximum absolute atomic E-state index is 12.8. The molecule has 8 nitrogen and oxygen atoms in total. The largest absolute Gasteiger partial charge is 0.544 e. The molecule has 0 aromatic rings. The smallest absolute Gasteiger partial charge is 0.306 e. The fraction of sp³-hybridized carbons (Fsp3) is 0.712. The lowest BCUT2D eigenvalue weighted by Gasteiger charge is -2.34. The number of esters is 2. The van der Waals surface area contributed by atoms with Gasteiger partial charge >= 0.3 is 11.9 Å². The summed E-state index contributed by atoms with van der Waals surface area (Å²) in [7, 11) is 5.40. The second kappa shape index (κ2) is 48.9. The molecule has 8 heteroatoms. The van der Waals surface area contributed by atoms with Crippen LogP contribution < -0.4 is 5.11 Å². The van der Waals surface area contributed by atoms with Gasteiger partial charge in [-0.1, -0.05) is 195 Å². The monoisotopic (exact) mass is 936 g/mol. The predicted molar refractivity (Wildman–Crippen MR) is 282 cm³/mol. The second-order valence-corrected chi connectivity index (χ2v) is 19.1. The number of carboxylic acid groups (broad SMARTS) is 1. The van der Waals surface area contributed by atoms with Gasteiger partial charge in [0.2, 0.25) is 0 Å². The Morgan fingerprint density at radius 3 is 1.28 bits per heavy atom. The summed E-state index contributed by atoms with van der Waals surface area (Å²) in [6.45, 7) is 4.51. The summed E-state index contributed by atoms with van der Waals surface area (Å²) in [6.07, 6.45) is 64.8. The molecule has 0 bridgehead atoms. The van der Waals surface area contributed by atoms with Gasteiger partial charge in [-0.2, -0.15) is 0 Å². The van der Waals surface area contributed by atoms with Gasteiger partial charge in [0.25, 0.3) is 0 Å². The van der Waals surface area contributed by atoms with Crippen molar-refractivity contribution in [1.82, 2.24) is 0 Å². The second-order valence-electron chi connectivity index (χ2n) is 19.1. The Morgan fingerprint density at radius 2 is 0.836 bits per heavy atom. The molecule has 0 heterocycles. The highest BCUT2D eigenvalue weighted by atomic mass is 16.6. The van der Waals surface area contributed by atoms with Gasteiger partial charge in [0, 0.05) is 19.3 Å². The first-order chi connectivity index (χ1) is 32.6. The third-order valence-electron chi connectivity index (χ3n) is 11.8. The molecule has 2 atom stereocenters. The average Bonchev–Trinajstić information content (AvgIpc) is 3.29. The molecule has 2 unspecified atom stereocenters. The summed E-state index contributed by atoms with van der Waals surface area (Å²) in [5, 5.41) is 11.7. The highest BCUT2D eigenvalue weighted by molar-refractivity contribution is 5.70. The molecule has 0 aromatic carbocycles. The van der Waals surface area contributed by atoms with Crippen LogP contribution in [0.4, 0.5) is 0 Å². The van der Waals surface area contributed by atoms with E-state index in [1.165, 1.54) is 109 Å². The summed E-state index contributed by atoms with van der Waals surface area (Å²) in [5.41, 5.74) is 0. The van der Waals surface area contributed by atoms with E-state index in [0.29, 0.717) is 12.8 Å². The average molecular weight is 936 g/mol. The molecule has 0 rings (SSSR count). The van der Waals surface area contributed by atoms with Gasteiger partial charge in [0.15, 0.2) is 6.10 Å².